The first-order valence-corrected chi connectivity index (χ1v) is 8.73. The Labute approximate surface area is 125 Å². The molecule has 0 heterocycles. The molecule has 1 aromatic rings. The quantitative estimate of drug-likeness (QED) is 0.840. The third-order valence-electron chi connectivity index (χ3n) is 3.40. The van der Waals surface area contributed by atoms with Gasteiger partial charge >= 0.3 is 6.03 Å². The molecule has 0 saturated heterocycles. The van der Waals surface area contributed by atoms with Gasteiger partial charge < -0.3 is 10.6 Å². The summed E-state index contributed by atoms with van der Waals surface area (Å²) in [6.45, 7) is 1.59. The summed E-state index contributed by atoms with van der Waals surface area (Å²) in [7, 11) is -3.27. The lowest BCUT2D eigenvalue weighted by Gasteiger charge is -2.18. The summed E-state index contributed by atoms with van der Waals surface area (Å²) in [6.07, 6.45) is 7.08. The topological polar surface area (TPSA) is 75.3 Å². The van der Waals surface area contributed by atoms with Crippen LogP contribution in [0.4, 0.5) is 10.5 Å². The van der Waals surface area contributed by atoms with Crippen molar-refractivity contribution < 1.29 is 13.2 Å². The van der Waals surface area contributed by atoms with Crippen LogP contribution in [-0.4, -0.2) is 26.2 Å². The second kappa shape index (κ2) is 6.76. The van der Waals surface area contributed by atoms with Crippen molar-refractivity contribution >= 4 is 21.6 Å². The molecule has 0 unspecified atom stereocenters. The molecule has 1 atom stereocenters. The van der Waals surface area contributed by atoms with E-state index in [1.54, 1.807) is 19.1 Å². The van der Waals surface area contributed by atoms with E-state index in [-0.39, 0.29) is 22.7 Å². The highest BCUT2D eigenvalue weighted by Crippen LogP contribution is 2.17. The maximum absolute atomic E-state index is 11.9. The summed E-state index contributed by atoms with van der Waals surface area (Å²) >= 11 is 0. The molecule has 1 aliphatic rings. The minimum Gasteiger partial charge on any atom is -0.332 e. The molecule has 2 amide bonds. The van der Waals surface area contributed by atoms with E-state index < -0.39 is 9.84 Å². The van der Waals surface area contributed by atoms with E-state index in [1.807, 2.05) is 6.08 Å². The second-order valence-electron chi connectivity index (χ2n) is 5.00. The first-order chi connectivity index (χ1) is 10.0. The van der Waals surface area contributed by atoms with Crippen molar-refractivity contribution in [2.24, 2.45) is 0 Å². The Bertz CT molecular complexity index is 638. The number of nitrogens with one attached hydrogen (secondary N) is 2. The Balaban J connectivity index is 2.02. The van der Waals surface area contributed by atoms with Gasteiger partial charge in [0.05, 0.1) is 10.6 Å². The fourth-order valence-corrected chi connectivity index (χ4v) is 3.13. The number of urea groups is 1. The molecule has 0 aromatic heterocycles. The number of amides is 2. The predicted molar refractivity (Wildman–Crippen MR) is 83.1 cm³/mol. The van der Waals surface area contributed by atoms with Gasteiger partial charge in [0.25, 0.3) is 0 Å². The lowest BCUT2D eigenvalue weighted by Crippen LogP contribution is -2.37. The Hall–Kier alpha value is -1.82. The van der Waals surface area contributed by atoms with Crippen LogP contribution in [0.5, 0.6) is 0 Å². The fourth-order valence-electron chi connectivity index (χ4n) is 2.20. The monoisotopic (exact) mass is 308 g/mol. The molecule has 0 saturated carbocycles. The minimum absolute atomic E-state index is 0.0372. The van der Waals surface area contributed by atoms with Gasteiger partial charge in [-0.2, -0.15) is 0 Å². The molecule has 2 rings (SSSR count). The third-order valence-corrected chi connectivity index (χ3v) is 5.13. The molecule has 6 heteroatoms. The zero-order valence-corrected chi connectivity index (χ0v) is 12.8. The van der Waals surface area contributed by atoms with Crippen molar-refractivity contribution in [2.75, 3.05) is 11.1 Å². The molecule has 1 aromatic carbocycles. The first kappa shape index (κ1) is 15.6. The normalized spacial score (nSPS) is 18.2. The molecule has 5 nitrogen and oxygen atoms in total. The van der Waals surface area contributed by atoms with Crippen molar-refractivity contribution in [1.82, 2.24) is 5.32 Å². The van der Waals surface area contributed by atoms with Gasteiger partial charge in [0.15, 0.2) is 9.84 Å². The molecular weight excluding hydrogens is 288 g/mol. The van der Waals surface area contributed by atoms with Gasteiger partial charge in [-0.25, -0.2) is 13.2 Å². The summed E-state index contributed by atoms with van der Waals surface area (Å²) in [5.74, 6) is 0.0372. The highest BCUT2D eigenvalue weighted by Gasteiger charge is 2.14. The maximum Gasteiger partial charge on any atom is 0.319 e. The standard InChI is InChI=1S/C15H20N2O3S/c1-2-21(19,20)14-10-6-9-13(11-14)17-15(18)16-12-7-4-3-5-8-12/h4,6-7,9-12H,2-3,5,8H2,1H3,(H2,16,17,18)/t12-/m1/s1. The second-order valence-corrected chi connectivity index (χ2v) is 7.27. The van der Waals surface area contributed by atoms with Crippen LogP contribution in [0.25, 0.3) is 0 Å². The molecule has 0 aliphatic heterocycles. The first-order valence-electron chi connectivity index (χ1n) is 7.08. The maximum atomic E-state index is 11.9. The van der Waals surface area contributed by atoms with Crippen molar-refractivity contribution in [3.63, 3.8) is 0 Å². The Morgan fingerprint density at radius 3 is 2.86 bits per heavy atom. The van der Waals surface area contributed by atoms with E-state index in [9.17, 15) is 13.2 Å². The van der Waals surface area contributed by atoms with Crippen LogP contribution in [0.15, 0.2) is 41.3 Å². The zero-order chi connectivity index (χ0) is 15.3. The molecular formula is C15H20N2O3S. The Morgan fingerprint density at radius 2 is 2.19 bits per heavy atom. The number of hydrogen-bond acceptors (Lipinski definition) is 3. The highest BCUT2D eigenvalue weighted by atomic mass is 32.2. The average Bonchev–Trinajstić information content (AvgIpc) is 2.48. The summed E-state index contributed by atoms with van der Waals surface area (Å²) in [6, 6.07) is 6.03. The van der Waals surface area contributed by atoms with Gasteiger partial charge in [0, 0.05) is 11.7 Å². The van der Waals surface area contributed by atoms with E-state index in [0.29, 0.717) is 5.69 Å². The molecule has 0 spiro atoms. The van der Waals surface area contributed by atoms with Gasteiger partial charge in [0.1, 0.15) is 0 Å². The number of rotatable bonds is 4. The van der Waals surface area contributed by atoms with Gasteiger partial charge in [-0.3, -0.25) is 0 Å². The summed E-state index contributed by atoms with van der Waals surface area (Å²) in [4.78, 5) is 12.1. The number of carbonyl (C=O) groups excluding carboxylic acids is 1. The van der Waals surface area contributed by atoms with Gasteiger partial charge in [-0.1, -0.05) is 25.1 Å². The van der Waals surface area contributed by atoms with Crippen LogP contribution in [-0.2, 0) is 9.84 Å². The molecule has 0 bridgehead atoms. The molecule has 2 N–H and O–H groups in total. The van der Waals surface area contributed by atoms with E-state index >= 15 is 0 Å². The van der Waals surface area contributed by atoms with E-state index in [4.69, 9.17) is 0 Å². The van der Waals surface area contributed by atoms with Crippen molar-refractivity contribution in [1.29, 1.82) is 0 Å². The fraction of sp³-hybridized carbons (Fsp3) is 0.400. The number of benzene rings is 1. The SMILES string of the molecule is CCS(=O)(=O)c1cccc(NC(=O)N[C@@H]2C=CCCC2)c1. The number of allylic oxidation sites excluding steroid dienone is 1. The van der Waals surface area contributed by atoms with Crippen molar-refractivity contribution in [3.8, 4) is 0 Å². The van der Waals surface area contributed by atoms with Gasteiger partial charge in [-0.15, -0.1) is 0 Å². The third kappa shape index (κ3) is 4.32. The van der Waals surface area contributed by atoms with Crippen LogP contribution >= 0.6 is 0 Å². The van der Waals surface area contributed by atoms with Crippen LogP contribution < -0.4 is 10.6 Å². The van der Waals surface area contributed by atoms with Gasteiger partial charge in [0.2, 0.25) is 0 Å². The summed E-state index contributed by atoms with van der Waals surface area (Å²) in [5.41, 5.74) is 0.474. The molecule has 0 fully saturated rings. The van der Waals surface area contributed by atoms with Crippen molar-refractivity contribution in [3.05, 3.63) is 36.4 Å². The van der Waals surface area contributed by atoms with Crippen LogP contribution in [0.3, 0.4) is 0 Å². The highest BCUT2D eigenvalue weighted by molar-refractivity contribution is 7.91. The predicted octanol–water partition coefficient (Wildman–Crippen LogP) is 2.71. The lowest BCUT2D eigenvalue weighted by atomic mass is 10.0. The lowest BCUT2D eigenvalue weighted by molar-refractivity contribution is 0.249. The molecule has 114 valence electrons. The largest absolute Gasteiger partial charge is 0.332 e. The van der Waals surface area contributed by atoms with Crippen LogP contribution in [0.1, 0.15) is 26.2 Å². The Kier molecular flexibility index (Phi) is 5.01. The van der Waals surface area contributed by atoms with Crippen LogP contribution in [0.2, 0.25) is 0 Å². The average molecular weight is 308 g/mol. The van der Waals surface area contributed by atoms with Crippen LogP contribution in [0, 0.1) is 0 Å². The number of anilines is 1. The summed E-state index contributed by atoms with van der Waals surface area (Å²) in [5, 5.41) is 5.53. The van der Waals surface area contributed by atoms with Crippen molar-refractivity contribution in [2.45, 2.75) is 37.1 Å². The van der Waals surface area contributed by atoms with E-state index in [1.165, 1.54) is 12.1 Å². The number of hydrogen-bond donors (Lipinski definition) is 2. The van der Waals surface area contributed by atoms with E-state index in [2.05, 4.69) is 16.7 Å². The summed E-state index contributed by atoms with van der Waals surface area (Å²) < 4.78 is 23.6. The van der Waals surface area contributed by atoms with E-state index in [0.717, 1.165) is 19.3 Å². The Morgan fingerprint density at radius 1 is 1.38 bits per heavy atom. The molecule has 21 heavy (non-hydrogen) atoms. The molecule has 0 radical (unpaired) electrons. The zero-order valence-electron chi connectivity index (χ0n) is 12.0. The smallest absolute Gasteiger partial charge is 0.319 e. The number of sulfone groups is 1. The van der Waals surface area contributed by atoms with Gasteiger partial charge in [-0.05, 0) is 37.5 Å². The minimum atomic E-state index is -3.27. The molecule has 1 aliphatic carbocycles. The number of carbonyl (C=O) groups is 1.